The van der Waals surface area contributed by atoms with Gasteiger partial charge in [-0.1, -0.05) is 167 Å². The lowest BCUT2D eigenvalue weighted by Gasteiger charge is -2.36. The molecule has 0 aliphatic heterocycles. The van der Waals surface area contributed by atoms with Crippen molar-refractivity contribution in [3.05, 3.63) is 168 Å². The Balaban J connectivity index is 1.16. The van der Waals surface area contributed by atoms with Crippen molar-refractivity contribution in [2.75, 3.05) is 0 Å². The Bertz CT molecular complexity index is 2330. The van der Waals surface area contributed by atoms with Crippen LogP contribution in [-0.4, -0.2) is 0 Å². The van der Waals surface area contributed by atoms with Crippen molar-refractivity contribution in [1.29, 1.82) is 0 Å². The number of hydrogen-bond acceptors (Lipinski definition) is 0. The van der Waals surface area contributed by atoms with Crippen LogP contribution < -0.4 is 0 Å². The number of hydrogen-bond donors (Lipinski definition) is 0. The van der Waals surface area contributed by atoms with E-state index in [4.69, 9.17) is 0 Å². The maximum Gasteiger partial charge on any atom is 0.0165 e. The molecule has 0 fully saturated rings. The van der Waals surface area contributed by atoms with Gasteiger partial charge in [0, 0.05) is 10.8 Å². The average Bonchev–Trinajstić information content (AvgIpc) is 3.34. The Hall–Kier alpha value is -5.20. The number of benzene rings is 7. The molecule has 0 amide bonds. The Kier molecular flexibility index (Phi) is 5.69. The van der Waals surface area contributed by atoms with Gasteiger partial charge in [-0.25, -0.2) is 0 Å². The van der Waals surface area contributed by atoms with Gasteiger partial charge < -0.3 is 0 Å². The van der Waals surface area contributed by atoms with Gasteiger partial charge in [0.15, 0.2) is 0 Å². The van der Waals surface area contributed by atoms with Crippen LogP contribution in [0.2, 0.25) is 0 Å². The molecule has 0 unspecified atom stereocenters. The smallest absolute Gasteiger partial charge is 0.0165 e. The molecule has 2 aliphatic carbocycles. The molecule has 220 valence electrons. The fraction of sp³-hybridized carbons (Fsp3) is 0.130. The molecule has 7 aromatic rings. The molecule has 0 aromatic heterocycles. The molecule has 0 N–H and O–H groups in total. The lowest BCUT2D eigenvalue weighted by Crippen LogP contribution is -2.23. The Morgan fingerprint density at radius 1 is 0.326 bits per heavy atom. The maximum atomic E-state index is 2.42. The van der Waals surface area contributed by atoms with Gasteiger partial charge in [0.2, 0.25) is 0 Å². The normalized spacial score (nSPS) is 14.9. The summed E-state index contributed by atoms with van der Waals surface area (Å²) in [5.41, 5.74) is 18.6. The molecule has 0 saturated carbocycles. The van der Waals surface area contributed by atoms with Crippen molar-refractivity contribution in [2.24, 2.45) is 0 Å². The second-order valence-corrected chi connectivity index (χ2v) is 14.1. The van der Waals surface area contributed by atoms with Gasteiger partial charge in [-0.15, -0.1) is 0 Å². The van der Waals surface area contributed by atoms with Gasteiger partial charge in [-0.2, -0.15) is 0 Å². The molecule has 0 heterocycles. The van der Waals surface area contributed by atoms with Crippen molar-refractivity contribution in [3.8, 4) is 55.6 Å². The second-order valence-electron chi connectivity index (χ2n) is 14.1. The molecular formula is C46H36. The maximum absolute atomic E-state index is 2.42. The molecule has 0 atom stereocenters. The first-order valence-corrected chi connectivity index (χ1v) is 16.4. The molecule has 0 spiro atoms. The zero-order valence-electron chi connectivity index (χ0n) is 26.9. The van der Waals surface area contributed by atoms with Crippen molar-refractivity contribution in [2.45, 2.75) is 38.5 Å². The van der Waals surface area contributed by atoms with E-state index in [-0.39, 0.29) is 10.8 Å². The quantitative estimate of drug-likeness (QED) is 0.193. The van der Waals surface area contributed by atoms with E-state index in [1.807, 2.05) is 0 Å². The fourth-order valence-electron chi connectivity index (χ4n) is 8.57. The van der Waals surface area contributed by atoms with Crippen LogP contribution in [0.5, 0.6) is 0 Å². The summed E-state index contributed by atoms with van der Waals surface area (Å²) < 4.78 is 0. The van der Waals surface area contributed by atoms with E-state index < -0.39 is 0 Å². The van der Waals surface area contributed by atoms with E-state index in [2.05, 4.69) is 173 Å². The van der Waals surface area contributed by atoms with Crippen LogP contribution in [0.3, 0.4) is 0 Å². The van der Waals surface area contributed by atoms with Gasteiger partial charge in [0.05, 0.1) is 0 Å². The lowest BCUT2D eigenvalue weighted by molar-refractivity contribution is 0.645. The van der Waals surface area contributed by atoms with Crippen molar-refractivity contribution >= 4 is 10.8 Å². The third-order valence-corrected chi connectivity index (χ3v) is 10.9. The minimum absolute atomic E-state index is 0.0393. The first-order chi connectivity index (χ1) is 22.3. The van der Waals surface area contributed by atoms with Crippen LogP contribution in [0, 0.1) is 0 Å². The van der Waals surface area contributed by atoms with Crippen molar-refractivity contribution in [3.63, 3.8) is 0 Å². The molecule has 0 bridgehead atoms. The van der Waals surface area contributed by atoms with Crippen LogP contribution in [0.25, 0.3) is 66.4 Å². The standard InChI is InChI=1S/C46H36/c1-45(2)41-19-11-16-37-33(26-27-38(43(37)41)36-25-24-32(28-42(36)45)29-12-6-5-7-13-29)30-20-22-31(23-21-30)34-15-10-17-39-35-14-8-9-18-40(35)46(3,4)44(34)39/h5-28H,1-4H3. The third kappa shape index (κ3) is 3.74. The Morgan fingerprint density at radius 3 is 1.70 bits per heavy atom. The van der Waals surface area contributed by atoms with Gasteiger partial charge >= 0.3 is 0 Å². The number of fused-ring (bicyclic) bond motifs is 5. The first kappa shape index (κ1) is 27.1. The topological polar surface area (TPSA) is 0 Å². The molecule has 9 rings (SSSR count). The third-order valence-electron chi connectivity index (χ3n) is 10.9. The summed E-state index contributed by atoms with van der Waals surface area (Å²) in [5, 5.41) is 2.71. The highest BCUT2D eigenvalue weighted by molar-refractivity contribution is 6.09. The van der Waals surface area contributed by atoms with E-state index in [1.54, 1.807) is 0 Å². The molecule has 0 heteroatoms. The van der Waals surface area contributed by atoms with Crippen LogP contribution >= 0.6 is 0 Å². The monoisotopic (exact) mass is 588 g/mol. The molecule has 2 aliphatic rings. The van der Waals surface area contributed by atoms with E-state index in [0.717, 1.165) is 0 Å². The molecule has 46 heavy (non-hydrogen) atoms. The first-order valence-electron chi connectivity index (χ1n) is 16.4. The molecule has 0 nitrogen and oxygen atoms in total. The lowest BCUT2D eigenvalue weighted by atomic mass is 9.67. The zero-order chi connectivity index (χ0) is 31.2. The Labute approximate surface area is 272 Å². The predicted molar refractivity (Wildman–Crippen MR) is 195 cm³/mol. The average molecular weight is 589 g/mol. The summed E-state index contributed by atoms with van der Waals surface area (Å²) in [6, 6.07) is 54.4. The summed E-state index contributed by atoms with van der Waals surface area (Å²) >= 11 is 0. The minimum Gasteiger partial charge on any atom is -0.0622 e. The van der Waals surface area contributed by atoms with Crippen LogP contribution in [0.1, 0.15) is 49.9 Å². The van der Waals surface area contributed by atoms with Crippen LogP contribution in [0.15, 0.2) is 146 Å². The predicted octanol–water partition coefficient (Wildman–Crippen LogP) is 12.5. The van der Waals surface area contributed by atoms with E-state index >= 15 is 0 Å². The second kappa shape index (κ2) is 9.65. The van der Waals surface area contributed by atoms with Crippen LogP contribution in [-0.2, 0) is 10.8 Å². The largest absolute Gasteiger partial charge is 0.0622 e. The van der Waals surface area contributed by atoms with Gasteiger partial charge in [0.1, 0.15) is 0 Å². The van der Waals surface area contributed by atoms with Crippen molar-refractivity contribution < 1.29 is 0 Å². The summed E-state index contributed by atoms with van der Waals surface area (Å²) in [7, 11) is 0. The van der Waals surface area contributed by atoms with Gasteiger partial charge in [-0.05, 0) is 94.7 Å². The highest BCUT2D eigenvalue weighted by Gasteiger charge is 2.37. The summed E-state index contributed by atoms with van der Waals surface area (Å²) in [4.78, 5) is 0. The van der Waals surface area contributed by atoms with E-state index in [0.29, 0.717) is 0 Å². The van der Waals surface area contributed by atoms with Gasteiger partial charge in [-0.3, -0.25) is 0 Å². The van der Waals surface area contributed by atoms with Crippen molar-refractivity contribution in [1.82, 2.24) is 0 Å². The Morgan fingerprint density at radius 2 is 0.891 bits per heavy atom. The van der Waals surface area contributed by atoms with Gasteiger partial charge in [0.25, 0.3) is 0 Å². The summed E-state index contributed by atoms with van der Waals surface area (Å²) in [6.45, 7) is 9.51. The summed E-state index contributed by atoms with van der Waals surface area (Å²) in [6.07, 6.45) is 0. The zero-order valence-corrected chi connectivity index (χ0v) is 26.9. The highest BCUT2D eigenvalue weighted by Crippen LogP contribution is 2.53. The molecule has 0 saturated heterocycles. The van der Waals surface area contributed by atoms with E-state index in [9.17, 15) is 0 Å². The fourth-order valence-corrected chi connectivity index (χ4v) is 8.57. The van der Waals surface area contributed by atoms with Crippen LogP contribution in [0.4, 0.5) is 0 Å². The minimum atomic E-state index is -0.118. The summed E-state index contributed by atoms with van der Waals surface area (Å²) in [5.74, 6) is 0. The molecule has 7 aromatic carbocycles. The highest BCUT2D eigenvalue weighted by atomic mass is 14.4. The molecular weight excluding hydrogens is 553 g/mol. The van der Waals surface area contributed by atoms with E-state index in [1.165, 1.54) is 88.7 Å². The molecule has 0 radical (unpaired) electrons. The number of rotatable bonds is 3. The SMILES string of the molecule is CC1(C)c2ccccc2-c2cccc(-c3ccc(-c4ccc5c6c(cccc46)C(C)(C)c4cc(-c6ccccc6)ccc4-5)cc3)c21.